The van der Waals surface area contributed by atoms with Crippen LogP contribution in [0.15, 0.2) is 54.9 Å². The maximum absolute atomic E-state index is 9.95. The van der Waals surface area contributed by atoms with Crippen LogP contribution < -0.4 is 10.2 Å². The molecule has 0 fully saturated rings. The molecule has 9 heteroatoms. The number of aryl methyl sites for hydroxylation is 2. The van der Waals surface area contributed by atoms with Gasteiger partial charge in [0.2, 0.25) is 0 Å². The Morgan fingerprint density at radius 3 is 2.60 bits per heavy atom. The molecule has 0 N–H and O–H groups in total. The molecule has 3 aromatic heterocycles. The van der Waals surface area contributed by atoms with Gasteiger partial charge in [0.25, 0.3) is 0 Å². The maximum atomic E-state index is 9.95. The molecule has 6 nitrogen and oxygen atoms in total. The fraction of sp³-hybridized carbons (Fsp3) is 0.258. The summed E-state index contributed by atoms with van der Waals surface area (Å²) in [5.74, 6) is 1.28. The van der Waals surface area contributed by atoms with Crippen LogP contribution in [0.25, 0.3) is 27.8 Å². The van der Waals surface area contributed by atoms with Crippen molar-refractivity contribution in [3.63, 3.8) is 0 Å². The molecule has 2 aromatic carbocycles. The van der Waals surface area contributed by atoms with E-state index in [0.29, 0.717) is 17.9 Å². The number of para-hydroxylation sites is 1. The number of fused-ring (bicyclic) bond motifs is 2. The Labute approximate surface area is 256 Å². The number of nitrogens with zero attached hydrogens (tertiary/aromatic N) is 6. The van der Waals surface area contributed by atoms with E-state index in [2.05, 4.69) is 120 Å². The SMILES string of the molecule is CCc1cccc(CC)c1-n1nc2c(c1-c1ccc(P)c3c1ccn3I)CN(c1ncc(CS)cc1C#N)CC2. The first-order valence-corrected chi connectivity index (χ1v) is 15.7. The summed E-state index contributed by atoms with van der Waals surface area (Å²) in [7, 11) is 2.88. The second-order valence-electron chi connectivity index (χ2n) is 10.1. The third-order valence-corrected chi connectivity index (χ3v) is 9.46. The summed E-state index contributed by atoms with van der Waals surface area (Å²) in [4.78, 5) is 6.96. The topological polar surface area (TPSA) is 62.7 Å². The normalized spacial score (nSPS) is 13.1. The van der Waals surface area contributed by atoms with Gasteiger partial charge in [0.15, 0.2) is 0 Å². The van der Waals surface area contributed by atoms with E-state index in [9.17, 15) is 5.26 Å². The van der Waals surface area contributed by atoms with E-state index in [1.54, 1.807) is 0 Å². The highest BCUT2D eigenvalue weighted by atomic mass is 127. The van der Waals surface area contributed by atoms with Crippen molar-refractivity contribution in [1.29, 1.82) is 5.26 Å². The number of pyridine rings is 1. The van der Waals surface area contributed by atoms with Gasteiger partial charge in [0, 0.05) is 54.2 Å². The molecule has 0 amide bonds. The van der Waals surface area contributed by atoms with Crippen LogP contribution in [0.4, 0.5) is 5.82 Å². The summed E-state index contributed by atoms with van der Waals surface area (Å²) >= 11 is 6.73. The molecule has 1 aliphatic rings. The minimum absolute atomic E-state index is 0.553. The number of hydrogen-bond acceptors (Lipinski definition) is 5. The molecule has 0 radical (unpaired) electrons. The van der Waals surface area contributed by atoms with Crippen molar-refractivity contribution < 1.29 is 0 Å². The quantitative estimate of drug-likeness (QED) is 0.126. The van der Waals surface area contributed by atoms with E-state index < -0.39 is 0 Å². The number of hydrogen-bond donors (Lipinski definition) is 1. The van der Waals surface area contributed by atoms with E-state index in [1.165, 1.54) is 38.8 Å². The molecule has 1 aliphatic heterocycles. The van der Waals surface area contributed by atoms with Crippen molar-refractivity contribution in [3.8, 4) is 23.0 Å². The average molecular weight is 677 g/mol. The Hall–Kier alpha value is -2.86. The molecule has 1 atom stereocenters. The molecule has 4 heterocycles. The van der Waals surface area contributed by atoms with Gasteiger partial charge in [-0.1, -0.05) is 44.2 Å². The molecule has 0 saturated heterocycles. The number of nitriles is 1. The Morgan fingerprint density at radius 2 is 1.90 bits per heavy atom. The third-order valence-electron chi connectivity index (χ3n) is 7.83. The summed E-state index contributed by atoms with van der Waals surface area (Å²) in [6, 6.07) is 17.5. The highest BCUT2D eigenvalue weighted by molar-refractivity contribution is 14.1. The predicted octanol–water partition coefficient (Wildman–Crippen LogP) is 6.58. The second kappa shape index (κ2) is 11.2. The zero-order chi connectivity index (χ0) is 28.0. The van der Waals surface area contributed by atoms with Crippen LogP contribution in [0.2, 0.25) is 0 Å². The van der Waals surface area contributed by atoms with E-state index in [-0.39, 0.29) is 0 Å². The largest absolute Gasteiger partial charge is 0.351 e. The van der Waals surface area contributed by atoms with Crippen LogP contribution in [0.5, 0.6) is 0 Å². The molecule has 0 bridgehead atoms. The first-order chi connectivity index (χ1) is 19.5. The van der Waals surface area contributed by atoms with Crippen molar-refractivity contribution in [2.45, 2.75) is 45.4 Å². The van der Waals surface area contributed by atoms with Gasteiger partial charge >= 0.3 is 0 Å². The number of thiol groups is 1. The molecule has 0 saturated carbocycles. The summed E-state index contributed by atoms with van der Waals surface area (Å²) in [5, 5.41) is 17.6. The van der Waals surface area contributed by atoms with Crippen LogP contribution in [-0.4, -0.2) is 24.1 Å². The number of benzene rings is 2. The molecule has 0 aliphatic carbocycles. The van der Waals surface area contributed by atoms with Crippen molar-refractivity contribution >= 4 is 66.8 Å². The predicted molar refractivity (Wildman–Crippen MR) is 178 cm³/mol. The molecule has 40 heavy (non-hydrogen) atoms. The standard InChI is InChI=1S/C31H30IN6PS/c1-3-20-6-5-7-21(4-2)28(20)38-29(23-8-9-27(39)30-24(23)10-13-37(30)32)25-17-36(12-11-26(25)35-38)31-22(15-33)14-19(18-40)16-34-31/h5-10,13-14,16,40H,3-4,11-12,17-18,39H2,1-2H3. The number of anilines is 1. The van der Waals surface area contributed by atoms with Gasteiger partial charge in [-0.15, -0.1) is 9.24 Å². The van der Waals surface area contributed by atoms with Crippen molar-refractivity contribution in [3.05, 3.63) is 88.4 Å². The molecular formula is C31H30IN6PS. The minimum atomic E-state index is 0.553. The molecule has 0 spiro atoms. The Bertz CT molecular complexity index is 1780. The molecule has 6 rings (SSSR count). The Balaban J connectivity index is 1.61. The first kappa shape index (κ1) is 27.3. The lowest BCUT2D eigenvalue weighted by molar-refractivity contribution is 0.704. The van der Waals surface area contributed by atoms with Gasteiger partial charge < -0.3 is 4.90 Å². The fourth-order valence-corrected chi connectivity index (χ4v) is 7.38. The number of halogens is 1. The molecular weight excluding hydrogens is 646 g/mol. The van der Waals surface area contributed by atoms with Gasteiger partial charge in [-0.3, -0.25) is 2.78 Å². The number of rotatable bonds is 6. The van der Waals surface area contributed by atoms with Crippen LogP contribution in [-0.2, 0) is 31.6 Å². The lowest BCUT2D eigenvalue weighted by atomic mass is 9.97. The van der Waals surface area contributed by atoms with Crippen molar-refractivity contribution in [2.75, 3.05) is 11.4 Å². The van der Waals surface area contributed by atoms with E-state index >= 15 is 0 Å². The van der Waals surface area contributed by atoms with Crippen LogP contribution in [0.1, 0.15) is 47.4 Å². The average Bonchev–Trinajstić information content (AvgIpc) is 3.57. The Morgan fingerprint density at radius 1 is 1.12 bits per heavy atom. The van der Waals surface area contributed by atoms with Crippen molar-refractivity contribution in [2.24, 2.45) is 0 Å². The summed E-state index contributed by atoms with van der Waals surface area (Å²) in [6.45, 7) is 5.82. The second-order valence-corrected chi connectivity index (χ2v) is 12.0. The fourth-order valence-electron chi connectivity index (χ4n) is 5.85. The van der Waals surface area contributed by atoms with Gasteiger partial charge in [-0.2, -0.15) is 23.0 Å². The molecule has 5 aromatic rings. The van der Waals surface area contributed by atoms with Crippen LogP contribution >= 0.6 is 44.7 Å². The zero-order valence-corrected chi connectivity index (χ0v) is 26.7. The van der Waals surface area contributed by atoms with Crippen LogP contribution in [0, 0.1) is 11.3 Å². The highest BCUT2D eigenvalue weighted by Crippen LogP contribution is 2.39. The highest BCUT2D eigenvalue weighted by Gasteiger charge is 2.30. The molecule has 202 valence electrons. The van der Waals surface area contributed by atoms with E-state index in [1.807, 2.05) is 12.3 Å². The Kier molecular flexibility index (Phi) is 7.64. The smallest absolute Gasteiger partial charge is 0.146 e. The van der Waals surface area contributed by atoms with Gasteiger partial charge in [0.1, 0.15) is 11.9 Å². The first-order valence-electron chi connectivity index (χ1n) is 13.5. The van der Waals surface area contributed by atoms with Crippen molar-refractivity contribution in [1.82, 2.24) is 17.5 Å². The van der Waals surface area contributed by atoms with E-state index in [4.69, 9.17) is 10.1 Å². The maximum Gasteiger partial charge on any atom is 0.146 e. The summed E-state index contributed by atoms with van der Waals surface area (Å²) < 4.78 is 4.37. The van der Waals surface area contributed by atoms with Gasteiger partial charge in [0.05, 0.1) is 51.0 Å². The van der Waals surface area contributed by atoms with Gasteiger partial charge in [-0.25, -0.2) is 9.67 Å². The van der Waals surface area contributed by atoms with Crippen LogP contribution in [0.3, 0.4) is 0 Å². The number of aromatic nitrogens is 4. The summed E-state index contributed by atoms with van der Waals surface area (Å²) in [5.41, 5.74) is 11.1. The lowest BCUT2D eigenvalue weighted by Gasteiger charge is -2.29. The summed E-state index contributed by atoms with van der Waals surface area (Å²) in [6.07, 6.45) is 6.58. The lowest BCUT2D eigenvalue weighted by Crippen LogP contribution is -2.31. The monoisotopic (exact) mass is 676 g/mol. The molecule has 1 unspecified atom stereocenters. The zero-order valence-electron chi connectivity index (χ0n) is 22.5. The third kappa shape index (κ3) is 4.52. The van der Waals surface area contributed by atoms with Gasteiger partial charge in [-0.05, 0) is 47.0 Å². The van der Waals surface area contributed by atoms with E-state index in [0.717, 1.165) is 53.9 Å². The minimum Gasteiger partial charge on any atom is -0.351 e.